The summed E-state index contributed by atoms with van der Waals surface area (Å²) in [5, 5.41) is 0. The molecule has 1 rings (SSSR count). The van der Waals surface area contributed by atoms with E-state index in [0.29, 0.717) is 6.42 Å². The number of rotatable bonds is 6. The third-order valence-electron chi connectivity index (χ3n) is 3.03. The summed E-state index contributed by atoms with van der Waals surface area (Å²) in [6.07, 6.45) is 4.60. The van der Waals surface area contributed by atoms with Crippen LogP contribution in [-0.4, -0.2) is 26.2 Å². The van der Waals surface area contributed by atoms with Gasteiger partial charge in [0.2, 0.25) is 0 Å². The predicted octanol–water partition coefficient (Wildman–Crippen LogP) is 2.40. The van der Waals surface area contributed by atoms with Crippen LogP contribution in [0.25, 0.3) is 0 Å². The van der Waals surface area contributed by atoms with Crippen molar-refractivity contribution in [2.75, 3.05) is 14.2 Å². The van der Waals surface area contributed by atoms with Crippen molar-refractivity contribution >= 4 is 11.9 Å². The molecule has 0 atom stereocenters. The molecule has 1 fully saturated rings. The van der Waals surface area contributed by atoms with Gasteiger partial charge in [0.25, 0.3) is 0 Å². The van der Waals surface area contributed by atoms with E-state index >= 15 is 0 Å². The topological polar surface area (TPSA) is 52.6 Å². The predicted molar refractivity (Wildman–Crippen MR) is 67.8 cm³/mol. The second-order valence-corrected chi connectivity index (χ2v) is 4.77. The monoisotopic (exact) mass is 252 g/mol. The average molecular weight is 252 g/mol. The van der Waals surface area contributed by atoms with Gasteiger partial charge in [-0.05, 0) is 32.6 Å². The minimum atomic E-state index is -1.29. The molecular formula is C14H20O4. The van der Waals surface area contributed by atoms with Crippen LogP contribution in [0, 0.1) is 5.41 Å². The van der Waals surface area contributed by atoms with Gasteiger partial charge in [0, 0.05) is 0 Å². The second kappa shape index (κ2) is 5.85. The summed E-state index contributed by atoms with van der Waals surface area (Å²) in [6, 6.07) is 0. The molecule has 0 aliphatic heterocycles. The van der Waals surface area contributed by atoms with Crippen molar-refractivity contribution in [1.82, 2.24) is 0 Å². The standard InChI is InChI=1S/C14H20O4/c1-10(2)9-14(12(15)17-3,13(16)18-4)8-7-11-5-6-11/h7H,1,5-6,8-9H2,2-4H3. The summed E-state index contributed by atoms with van der Waals surface area (Å²) in [5.74, 6) is -1.12. The zero-order valence-corrected chi connectivity index (χ0v) is 11.2. The SMILES string of the molecule is C=C(C)CC(CC=C1CC1)(C(=O)OC)C(=O)OC. The lowest BCUT2D eigenvalue weighted by molar-refractivity contribution is -0.168. The second-order valence-electron chi connectivity index (χ2n) is 4.77. The molecule has 1 saturated carbocycles. The van der Waals surface area contributed by atoms with Gasteiger partial charge in [-0.1, -0.05) is 17.2 Å². The fourth-order valence-corrected chi connectivity index (χ4v) is 1.97. The maximum atomic E-state index is 12.0. The van der Waals surface area contributed by atoms with Gasteiger partial charge in [0.05, 0.1) is 14.2 Å². The molecule has 1 aliphatic carbocycles. The van der Waals surface area contributed by atoms with Gasteiger partial charge in [-0.3, -0.25) is 9.59 Å². The summed E-state index contributed by atoms with van der Waals surface area (Å²) in [7, 11) is 2.56. The Morgan fingerprint density at radius 2 is 1.78 bits per heavy atom. The smallest absolute Gasteiger partial charge is 0.323 e. The molecule has 1 aliphatic rings. The fourth-order valence-electron chi connectivity index (χ4n) is 1.97. The summed E-state index contributed by atoms with van der Waals surface area (Å²) < 4.78 is 9.56. The largest absolute Gasteiger partial charge is 0.468 e. The molecule has 0 aromatic heterocycles. The van der Waals surface area contributed by atoms with E-state index in [1.807, 2.05) is 6.08 Å². The molecule has 0 radical (unpaired) electrons. The Morgan fingerprint density at radius 1 is 1.28 bits per heavy atom. The number of allylic oxidation sites excluding steroid dienone is 3. The number of carbonyl (C=O) groups is 2. The van der Waals surface area contributed by atoms with Crippen molar-refractivity contribution in [2.45, 2.75) is 32.6 Å². The van der Waals surface area contributed by atoms with Gasteiger partial charge in [-0.25, -0.2) is 0 Å². The van der Waals surface area contributed by atoms with E-state index in [9.17, 15) is 9.59 Å². The Hall–Kier alpha value is -1.58. The Morgan fingerprint density at radius 3 is 2.11 bits per heavy atom. The van der Waals surface area contributed by atoms with Crippen molar-refractivity contribution < 1.29 is 19.1 Å². The molecule has 100 valence electrons. The number of carbonyl (C=O) groups excluding carboxylic acids is 2. The minimum absolute atomic E-state index is 0.246. The summed E-state index contributed by atoms with van der Waals surface area (Å²) in [6.45, 7) is 5.56. The lowest BCUT2D eigenvalue weighted by Gasteiger charge is -2.27. The minimum Gasteiger partial charge on any atom is -0.468 e. The molecule has 4 nitrogen and oxygen atoms in total. The van der Waals surface area contributed by atoms with Crippen LogP contribution in [0.3, 0.4) is 0 Å². The summed E-state index contributed by atoms with van der Waals surface area (Å²) in [5.41, 5.74) is 0.735. The molecule has 4 heteroatoms. The van der Waals surface area contributed by atoms with Gasteiger partial charge < -0.3 is 9.47 Å². The Kier molecular flexibility index (Phi) is 4.70. The lowest BCUT2D eigenvalue weighted by atomic mass is 9.78. The van der Waals surface area contributed by atoms with Crippen molar-refractivity contribution in [3.8, 4) is 0 Å². The summed E-state index contributed by atoms with van der Waals surface area (Å²) >= 11 is 0. The number of esters is 2. The summed E-state index contributed by atoms with van der Waals surface area (Å²) in [4.78, 5) is 24.0. The van der Waals surface area contributed by atoms with Gasteiger partial charge in [0.1, 0.15) is 0 Å². The molecule has 0 N–H and O–H groups in total. The van der Waals surface area contributed by atoms with E-state index < -0.39 is 17.4 Å². The lowest BCUT2D eigenvalue weighted by Crippen LogP contribution is -2.41. The van der Waals surface area contributed by atoms with E-state index in [0.717, 1.165) is 18.4 Å². The van der Waals surface area contributed by atoms with Crippen molar-refractivity contribution in [3.05, 3.63) is 23.8 Å². The maximum Gasteiger partial charge on any atom is 0.323 e. The van der Waals surface area contributed by atoms with Crippen LogP contribution >= 0.6 is 0 Å². The van der Waals surface area contributed by atoms with Gasteiger partial charge in [0.15, 0.2) is 5.41 Å². The van der Waals surface area contributed by atoms with Crippen LogP contribution in [0.4, 0.5) is 0 Å². The van der Waals surface area contributed by atoms with Gasteiger partial charge in [-0.2, -0.15) is 0 Å². The highest BCUT2D eigenvalue weighted by Gasteiger charge is 2.47. The highest BCUT2D eigenvalue weighted by Crippen LogP contribution is 2.37. The van der Waals surface area contributed by atoms with Crippen LogP contribution in [0.5, 0.6) is 0 Å². The van der Waals surface area contributed by atoms with Crippen molar-refractivity contribution in [2.24, 2.45) is 5.41 Å². The van der Waals surface area contributed by atoms with E-state index in [2.05, 4.69) is 6.58 Å². The molecule has 18 heavy (non-hydrogen) atoms. The Balaban J connectivity index is 3.05. The highest BCUT2D eigenvalue weighted by atomic mass is 16.5. The van der Waals surface area contributed by atoms with Crippen molar-refractivity contribution in [3.63, 3.8) is 0 Å². The maximum absolute atomic E-state index is 12.0. The van der Waals surface area contributed by atoms with Crippen molar-refractivity contribution in [1.29, 1.82) is 0 Å². The normalized spacial score (nSPS) is 13.8. The molecule has 0 aromatic rings. The van der Waals surface area contributed by atoms with Crippen LogP contribution in [-0.2, 0) is 19.1 Å². The molecule has 0 spiro atoms. The molecule has 0 aromatic carbocycles. The molecule has 0 bridgehead atoms. The van der Waals surface area contributed by atoms with Crippen LogP contribution in [0.2, 0.25) is 0 Å². The van der Waals surface area contributed by atoms with Crippen LogP contribution in [0.1, 0.15) is 32.6 Å². The van der Waals surface area contributed by atoms with Gasteiger partial charge >= 0.3 is 11.9 Å². The highest BCUT2D eigenvalue weighted by molar-refractivity contribution is 6.00. The quantitative estimate of drug-likeness (QED) is 0.414. The zero-order valence-electron chi connectivity index (χ0n) is 11.2. The molecule has 0 saturated heterocycles. The first-order valence-electron chi connectivity index (χ1n) is 5.95. The van der Waals surface area contributed by atoms with Gasteiger partial charge in [-0.15, -0.1) is 6.58 Å². The first kappa shape index (κ1) is 14.5. The third-order valence-corrected chi connectivity index (χ3v) is 3.03. The van der Waals surface area contributed by atoms with E-state index in [4.69, 9.17) is 9.47 Å². The Bertz CT molecular complexity index is 371. The average Bonchev–Trinajstić information content (AvgIpc) is 3.15. The van der Waals surface area contributed by atoms with Crippen LogP contribution < -0.4 is 0 Å². The number of methoxy groups -OCH3 is 2. The molecular weight excluding hydrogens is 232 g/mol. The number of ether oxygens (including phenoxy) is 2. The van der Waals surface area contributed by atoms with E-state index in [1.165, 1.54) is 19.8 Å². The first-order valence-corrected chi connectivity index (χ1v) is 5.95. The zero-order chi connectivity index (χ0) is 13.8. The van der Waals surface area contributed by atoms with E-state index in [-0.39, 0.29) is 6.42 Å². The Labute approximate surface area is 108 Å². The number of hydrogen-bond acceptors (Lipinski definition) is 4. The first-order chi connectivity index (χ1) is 8.46. The molecule has 0 heterocycles. The van der Waals surface area contributed by atoms with Crippen LogP contribution in [0.15, 0.2) is 23.8 Å². The van der Waals surface area contributed by atoms with E-state index in [1.54, 1.807) is 6.92 Å². The molecule has 0 unspecified atom stereocenters. The third kappa shape index (κ3) is 3.22. The number of hydrogen-bond donors (Lipinski definition) is 0. The fraction of sp³-hybridized carbons (Fsp3) is 0.571. The molecule has 0 amide bonds.